The summed E-state index contributed by atoms with van der Waals surface area (Å²) in [6.07, 6.45) is 2.00. The van der Waals surface area contributed by atoms with Crippen LogP contribution >= 0.6 is 11.6 Å². The molecule has 142 valence electrons. The monoisotopic (exact) mass is 386 g/mol. The van der Waals surface area contributed by atoms with Crippen molar-refractivity contribution in [3.63, 3.8) is 0 Å². The molecular weight excluding hydrogens is 364 g/mol. The van der Waals surface area contributed by atoms with E-state index in [9.17, 15) is 4.79 Å². The topological polar surface area (TPSA) is 82.0 Å². The Bertz CT molecular complexity index is 1060. The Balaban J connectivity index is 1.92. The van der Waals surface area contributed by atoms with Crippen LogP contribution in [0.3, 0.4) is 0 Å². The highest BCUT2D eigenvalue weighted by Crippen LogP contribution is 2.26. The Morgan fingerprint density at radius 3 is 2.81 bits per heavy atom. The predicted molar refractivity (Wildman–Crippen MR) is 107 cm³/mol. The minimum absolute atomic E-state index is 0.102. The normalized spacial score (nSPS) is 17.6. The number of hydrogen-bond donors (Lipinski definition) is 1. The smallest absolute Gasteiger partial charge is 0.279 e. The molecule has 3 heterocycles. The van der Waals surface area contributed by atoms with Gasteiger partial charge in [-0.3, -0.25) is 13.9 Å². The van der Waals surface area contributed by atoms with Gasteiger partial charge in [0.05, 0.1) is 6.54 Å². The van der Waals surface area contributed by atoms with Gasteiger partial charge in [0.25, 0.3) is 5.56 Å². The van der Waals surface area contributed by atoms with E-state index in [0.29, 0.717) is 35.1 Å². The van der Waals surface area contributed by atoms with Gasteiger partial charge < -0.3 is 10.6 Å². The predicted octanol–water partition coefficient (Wildman–Crippen LogP) is 2.07. The summed E-state index contributed by atoms with van der Waals surface area (Å²) >= 11 is 6.38. The van der Waals surface area contributed by atoms with Gasteiger partial charge in [-0.15, -0.1) is 0 Å². The fourth-order valence-electron chi connectivity index (χ4n) is 3.63. The number of aryl methyl sites for hydroxylation is 1. The van der Waals surface area contributed by atoms with Crippen LogP contribution in [-0.2, 0) is 13.6 Å². The molecule has 0 aliphatic carbocycles. The van der Waals surface area contributed by atoms with Crippen LogP contribution in [-0.4, -0.2) is 38.2 Å². The third kappa shape index (κ3) is 3.21. The molecule has 0 spiro atoms. The van der Waals surface area contributed by atoms with Crippen molar-refractivity contribution < 1.29 is 0 Å². The van der Waals surface area contributed by atoms with Gasteiger partial charge in [-0.1, -0.05) is 29.8 Å². The number of fused-ring (bicyclic) bond motifs is 1. The summed E-state index contributed by atoms with van der Waals surface area (Å²) in [5.74, 6) is 1.37. The van der Waals surface area contributed by atoms with E-state index >= 15 is 0 Å². The van der Waals surface area contributed by atoms with E-state index in [4.69, 9.17) is 22.3 Å². The largest absolute Gasteiger partial charge is 0.341 e. The molecule has 7 nitrogen and oxygen atoms in total. The SMILES string of the molecule is Cc1nc2nc(N3CCC[C@@H](N)C3)n(Cc3ccccc3Cl)c2c(=O)n1C. The molecule has 0 unspecified atom stereocenters. The standard InChI is InChI=1S/C19H23ClN6O/c1-12-22-17-16(18(27)24(12)2)26(10-13-6-3-4-8-15(13)20)19(23-17)25-9-5-7-14(21)11-25/h3-4,6,8,14H,5,7,9-11,21H2,1-2H3/t14-/m1/s1. The molecule has 1 aromatic carbocycles. The van der Waals surface area contributed by atoms with Crippen molar-refractivity contribution in [2.24, 2.45) is 12.8 Å². The fraction of sp³-hybridized carbons (Fsp3) is 0.421. The number of anilines is 1. The number of nitrogens with zero attached hydrogens (tertiary/aromatic N) is 5. The zero-order valence-electron chi connectivity index (χ0n) is 15.5. The van der Waals surface area contributed by atoms with Crippen molar-refractivity contribution >= 4 is 28.7 Å². The van der Waals surface area contributed by atoms with Crippen molar-refractivity contribution in [3.8, 4) is 0 Å². The average molecular weight is 387 g/mol. The highest BCUT2D eigenvalue weighted by atomic mass is 35.5. The molecule has 3 aromatic rings. The summed E-state index contributed by atoms with van der Waals surface area (Å²) in [5, 5.41) is 0.664. The van der Waals surface area contributed by atoms with Crippen molar-refractivity contribution in [1.29, 1.82) is 0 Å². The van der Waals surface area contributed by atoms with E-state index in [1.54, 1.807) is 11.6 Å². The van der Waals surface area contributed by atoms with Crippen molar-refractivity contribution in [3.05, 3.63) is 51.0 Å². The quantitative estimate of drug-likeness (QED) is 0.745. The van der Waals surface area contributed by atoms with E-state index in [0.717, 1.165) is 30.9 Å². The molecule has 27 heavy (non-hydrogen) atoms. The number of hydrogen-bond acceptors (Lipinski definition) is 5. The number of halogens is 1. The second-order valence-corrected chi connectivity index (χ2v) is 7.54. The summed E-state index contributed by atoms with van der Waals surface area (Å²) < 4.78 is 3.49. The molecule has 1 saturated heterocycles. The first-order valence-electron chi connectivity index (χ1n) is 9.13. The van der Waals surface area contributed by atoms with Crippen LogP contribution in [0.25, 0.3) is 11.2 Å². The first-order valence-corrected chi connectivity index (χ1v) is 9.51. The van der Waals surface area contributed by atoms with E-state index in [2.05, 4.69) is 9.88 Å². The third-order valence-corrected chi connectivity index (χ3v) is 5.59. The highest BCUT2D eigenvalue weighted by molar-refractivity contribution is 6.31. The lowest BCUT2D eigenvalue weighted by Gasteiger charge is -2.32. The third-order valence-electron chi connectivity index (χ3n) is 5.22. The zero-order chi connectivity index (χ0) is 19.1. The minimum Gasteiger partial charge on any atom is -0.341 e. The van der Waals surface area contributed by atoms with E-state index in [1.165, 1.54) is 0 Å². The number of nitrogens with two attached hydrogens (primary N) is 1. The molecular formula is C19H23ClN6O. The fourth-order valence-corrected chi connectivity index (χ4v) is 3.83. The number of aromatic nitrogens is 4. The summed E-state index contributed by atoms with van der Waals surface area (Å²) in [7, 11) is 1.73. The maximum atomic E-state index is 13.0. The van der Waals surface area contributed by atoms with Gasteiger partial charge in [0.2, 0.25) is 5.95 Å². The minimum atomic E-state index is -0.107. The molecule has 1 atom stereocenters. The zero-order valence-corrected chi connectivity index (χ0v) is 16.3. The first-order chi connectivity index (χ1) is 13.0. The molecule has 1 aliphatic heterocycles. The maximum Gasteiger partial charge on any atom is 0.279 e. The van der Waals surface area contributed by atoms with Crippen LogP contribution in [0.5, 0.6) is 0 Å². The Morgan fingerprint density at radius 1 is 1.30 bits per heavy atom. The average Bonchev–Trinajstić information content (AvgIpc) is 3.00. The van der Waals surface area contributed by atoms with Crippen molar-refractivity contribution in [2.45, 2.75) is 32.4 Å². The summed E-state index contributed by atoms with van der Waals surface area (Å²) in [5.41, 5.74) is 7.97. The van der Waals surface area contributed by atoms with Gasteiger partial charge in [0.15, 0.2) is 11.2 Å². The van der Waals surface area contributed by atoms with Crippen molar-refractivity contribution in [1.82, 2.24) is 19.1 Å². The first kappa shape index (κ1) is 18.0. The summed E-state index contributed by atoms with van der Waals surface area (Å²) in [4.78, 5) is 24.4. The van der Waals surface area contributed by atoms with Crippen LogP contribution in [0.15, 0.2) is 29.1 Å². The highest BCUT2D eigenvalue weighted by Gasteiger charge is 2.25. The Labute approximate surface area is 162 Å². The number of rotatable bonds is 3. The molecule has 2 N–H and O–H groups in total. The molecule has 0 saturated carbocycles. The van der Waals surface area contributed by atoms with Gasteiger partial charge in [-0.2, -0.15) is 4.98 Å². The van der Waals surface area contributed by atoms with E-state index in [-0.39, 0.29) is 11.6 Å². The molecule has 4 rings (SSSR count). The van der Waals surface area contributed by atoms with Crippen LogP contribution in [0.4, 0.5) is 5.95 Å². The summed E-state index contributed by atoms with van der Waals surface area (Å²) in [6.45, 7) is 3.84. The molecule has 1 aliphatic rings. The van der Waals surface area contributed by atoms with Crippen LogP contribution in [0, 0.1) is 6.92 Å². The number of benzene rings is 1. The molecule has 0 amide bonds. The molecule has 0 bridgehead atoms. The molecule has 1 fully saturated rings. The Morgan fingerprint density at radius 2 is 2.07 bits per heavy atom. The molecule has 8 heteroatoms. The van der Waals surface area contributed by atoms with Gasteiger partial charge in [-0.05, 0) is 31.4 Å². The van der Waals surface area contributed by atoms with Gasteiger partial charge in [0.1, 0.15) is 5.82 Å². The Hall–Kier alpha value is -2.38. The maximum absolute atomic E-state index is 13.0. The van der Waals surface area contributed by atoms with Gasteiger partial charge in [0, 0.05) is 31.2 Å². The van der Waals surface area contributed by atoms with E-state index < -0.39 is 0 Å². The van der Waals surface area contributed by atoms with E-state index in [1.807, 2.05) is 35.8 Å². The summed E-state index contributed by atoms with van der Waals surface area (Å²) in [6, 6.07) is 7.76. The van der Waals surface area contributed by atoms with Crippen molar-refractivity contribution in [2.75, 3.05) is 18.0 Å². The molecule has 2 aromatic heterocycles. The number of piperidine rings is 1. The van der Waals surface area contributed by atoms with Crippen LogP contribution in [0.1, 0.15) is 24.2 Å². The second-order valence-electron chi connectivity index (χ2n) is 7.13. The molecule has 0 radical (unpaired) electrons. The number of imidazole rings is 1. The lowest BCUT2D eigenvalue weighted by Crippen LogP contribution is -2.44. The van der Waals surface area contributed by atoms with Gasteiger partial charge >= 0.3 is 0 Å². The van der Waals surface area contributed by atoms with Gasteiger partial charge in [-0.25, -0.2) is 4.98 Å². The second kappa shape index (κ2) is 6.98. The van der Waals surface area contributed by atoms with Crippen LogP contribution in [0.2, 0.25) is 5.02 Å². The Kier molecular flexibility index (Phi) is 4.65. The lowest BCUT2D eigenvalue weighted by atomic mass is 10.1. The van der Waals surface area contributed by atoms with Crippen LogP contribution < -0.4 is 16.2 Å². The lowest BCUT2D eigenvalue weighted by molar-refractivity contribution is 0.495.